The van der Waals surface area contributed by atoms with Crippen molar-refractivity contribution in [1.29, 1.82) is 0 Å². The van der Waals surface area contributed by atoms with Crippen LogP contribution in [0.1, 0.15) is 36.5 Å². The Kier molecular flexibility index (Phi) is 4.97. The van der Waals surface area contributed by atoms with Crippen LogP contribution in [-0.4, -0.2) is 5.11 Å². The topological polar surface area (TPSA) is 24.1 Å². The first-order valence-corrected chi connectivity index (χ1v) is 7.62. The Balaban J connectivity index is 2.17. The summed E-state index contributed by atoms with van der Waals surface area (Å²) in [6.07, 6.45) is 0. The molecule has 110 valence electrons. The van der Waals surface area contributed by atoms with Gasteiger partial charge in [-0.15, -0.1) is 0 Å². The minimum atomic E-state index is 0.453. The summed E-state index contributed by atoms with van der Waals surface area (Å²) in [5, 5.41) is 7.22. The van der Waals surface area contributed by atoms with Gasteiger partial charge in [0.15, 0.2) is 5.11 Å². The lowest BCUT2D eigenvalue weighted by Gasteiger charge is -2.18. The Morgan fingerprint density at radius 1 is 1.00 bits per heavy atom. The van der Waals surface area contributed by atoms with E-state index in [2.05, 4.69) is 68.7 Å². The van der Waals surface area contributed by atoms with E-state index < -0.39 is 0 Å². The molecule has 0 radical (unpaired) electrons. The Morgan fingerprint density at radius 2 is 1.71 bits per heavy atom. The van der Waals surface area contributed by atoms with Crippen LogP contribution in [0.25, 0.3) is 0 Å². The molecular weight excluding hydrogens is 276 g/mol. The minimum absolute atomic E-state index is 0.453. The van der Waals surface area contributed by atoms with Gasteiger partial charge in [-0.25, -0.2) is 0 Å². The first-order chi connectivity index (χ1) is 9.97. The van der Waals surface area contributed by atoms with Crippen LogP contribution in [0.2, 0.25) is 0 Å². The van der Waals surface area contributed by atoms with Crippen LogP contribution >= 0.6 is 12.2 Å². The van der Waals surface area contributed by atoms with Gasteiger partial charge in [-0.1, -0.05) is 44.2 Å². The van der Waals surface area contributed by atoms with Gasteiger partial charge in [-0.05, 0) is 60.8 Å². The SMILES string of the molecule is Cc1cccc(NC(=S)Nc2c(C)cccc2C(C)C)c1. The third kappa shape index (κ3) is 4.05. The van der Waals surface area contributed by atoms with Crippen molar-refractivity contribution in [3.8, 4) is 0 Å². The van der Waals surface area contributed by atoms with Gasteiger partial charge in [0.05, 0.1) is 0 Å². The van der Waals surface area contributed by atoms with Gasteiger partial charge in [0.2, 0.25) is 0 Å². The molecule has 0 bridgehead atoms. The number of anilines is 2. The second kappa shape index (κ2) is 6.72. The molecule has 0 unspecified atom stereocenters. The lowest BCUT2D eigenvalue weighted by Crippen LogP contribution is -2.20. The summed E-state index contributed by atoms with van der Waals surface area (Å²) >= 11 is 5.44. The molecule has 0 amide bonds. The summed E-state index contributed by atoms with van der Waals surface area (Å²) in [6.45, 7) is 8.55. The Bertz CT molecular complexity index is 647. The molecule has 0 saturated heterocycles. The summed E-state index contributed by atoms with van der Waals surface area (Å²) in [4.78, 5) is 0. The second-order valence-corrected chi connectivity index (χ2v) is 6.05. The number of para-hydroxylation sites is 1. The van der Waals surface area contributed by atoms with E-state index >= 15 is 0 Å². The second-order valence-electron chi connectivity index (χ2n) is 5.64. The normalized spacial score (nSPS) is 10.5. The first-order valence-electron chi connectivity index (χ1n) is 7.21. The zero-order valence-corrected chi connectivity index (χ0v) is 13.8. The number of benzene rings is 2. The fourth-order valence-corrected chi connectivity index (χ4v) is 2.56. The fraction of sp³-hybridized carbons (Fsp3) is 0.278. The Labute approximate surface area is 132 Å². The van der Waals surface area contributed by atoms with Crippen molar-refractivity contribution in [2.24, 2.45) is 0 Å². The van der Waals surface area contributed by atoms with Crippen LogP contribution in [-0.2, 0) is 0 Å². The van der Waals surface area contributed by atoms with Gasteiger partial charge in [0.1, 0.15) is 0 Å². The van der Waals surface area contributed by atoms with Crippen LogP contribution < -0.4 is 10.6 Å². The molecule has 2 aromatic rings. The molecule has 3 heteroatoms. The number of rotatable bonds is 3. The lowest BCUT2D eigenvalue weighted by atomic mass is 9.98. The molecule has 2 nitrogen and oxygen atoms in total. The van der Waals surface area contributed by atoms with Gasteiger partial charge in [-0.2, -0.15) is 0 Å². The van der Waals surface area contributed by atoms with Crippen LogP contribution in [0.4, 0.5) is 11.4 Å². The predicted molar refractivity (Wildman–Crippen MR) is 96.3 cm³/mol. The number of hydrogen-bond donors (Lipinski definition) is 2. The monoisotopic (exact) mass is 298 g/mol. The smallest absolute Gasteiger partial charge is 0.175 e. The molecule has 0 spiro atoms. The molecule has 0 atom stereocenters. The summed E-state index contributed by atoms with van der Waals surface area (Å²) in [5.41, 5.74) is 5.81. The molecule has 0 saturated carbocycles. The van der Waals surface area contributed by atoms with Crippen molar-refractivity contribution in [2.75, 3.05) is 10.6 Å². The van der Waals surface area contributed by atoms with Crippen LogP contribution in [0.5, 0.6) is 0 Å². The van der Waals surface area contributed by atoms with E-state index in [1.807, 2.05) is 12.1 Å². The molecule has 0 heterocycles. The van der Waals surface area contributed by atoms with E-state index in [1.165, 1.54) is 16.7 Å². The highest BCUT2D eigenvalue weighted by Gasteiger charge is 2.10. The molecule has 2 aromatic carbocycles. The van der Waals surface area contributed by atoms with Crippen molar-refractivity contribution < 1.29 is 0 Å². The van der Waals surface area contributed by atoms with E-state index in [0.29, 0.717) is 11.0 Å². The van der Waals surface area contributed by atoms with Gasteiger partial charge in [0, 0.05) is 11.4 Å². The summed E-state index contributed by atoms with van der Waals surface area (Å²) in [7, 11) is 0. The molecule has 0 aromatic heterocycles. The molecule has 0 aliphatic heterocycles. The van der Waals surface area contributed by atoms with Crippen molar-refractivity contribution in [1.82, 2.24) is 0 Å². The van der Waals surface area contributed by atoms with Gasteiger partial charge < -0.3 is 10.6 Å². The van der Waals surface area contributed by atoms with Crippen molar-refractivity contribution in [3.63, 3.8) is 0 Å². The first kappa shape index (κ1) is 15.5. The predicted octanol–water partition coefficient (Wildman–Crippen LogP) is 5.24. The molecular formula is C18H22N2S. The molecule has 2 N–H and O–H groups in total. The average molecular weight is 298 g/mol. The van der Waals surface area contributed by atoms with Crippen LogP contribution in [0.15, 0.2) is 42.5 Å². The van der Waals surface area contributed by atoms with Crippen molar-refractivity contribution in [2.45, 2.75) is 33.6 Å². The van der Waals surface area contributed by atoms with Crippen molar-refractivity contribution >= 4 is 28.7 Å². The maximum atomic E-state index is 5.44. The maximum Gasteiger partial charge on any atom is 0.175 e. The van der Waals surface area contributed by atoms with E-state index in [9.17, 15) is 0 Å². The molecule has 0 aliphatic rings. The average Bonchev–Trinajstić information content (AvgIpc) is 2.40. The summed E-state index contributed by atoms with van der Waals surface area (Å²) < 4.78 is 0. The highest BCUT2D eigenvalue weighted by molar-refractivity contribution is 7.80. The van der Waals surface area contributed by atoms with E-state index in [4.69, 9.17) is 12.2 Å². The van der Waals surface area contributed by atoms with Gasteiger partial charge in [0.25, 0.3) is 0 Å². The van der Waals surface area contributed by atoms with E-state index in [1.54, 1.807) is 0 Å². The number of nitrogens with one attached hydrogen (secondary N) is 2. The fourth-order valence-electron chi connectivity index (χ4n) is 2.34. The third-order valence-electron chi connectivity index (χ3n) is 3.44. The minimum Gasteiger partial charge on any atom is -0.332 e. The lowest BCUT2D eigenvalue weighted by molar-refractivity contribution is 0.868. The molecule has 0 aliphatic carbocycles. The number of hydrogen-bond acceptors (Lipinski definition) is 1. The molecule has 2 rings (SSSR count). The third-order valence-corrected chi connectivity index (χ3v) is 3.65. The Hall–Kier alpha value is -1.87. The van der Waals surface area contributed by atoms with Gasteiger partial charge >= 0.3 is 0 Å². The Morgan fingerprint density at radius 3 is 2.38 bits per heavy atom. The zero-order chi connectivity index (χ0) is 15.4. The van der Waals surface area contributed by atoms with E-state index in [0.717, 1.165) is 11.4 Å². The van der Waals surface area contributed by atoms with Crippen molar-refractivity contribution in [3.05, 3.63) is 59.2 Å². The quantitative estimate of drug-likeness (QED) is 0.758. The standard InChI is InChI=1S/C18H22N2S/c1-12(2)16-10-6-8-14(4)17(16)20-18(21)19-15-9-5-7-13(3)11-15/h5-12H,1-4H3,(H2,19,20,21). The number of thiocarbonyl (C=S) groups is 1. The van der Waals surface area contributed by atoms with Crippen LogP contribution in [0, 0.1) is 13.8 Å². The molecule has 0 fully saturated rings. The van der Waals surface area contributed by atoms with E-state index in [-0.39, 0.29) is 0 Å². The van der Waals surface area contributed by atoms with Crippen LogP contribution in [0.3, 0.4) is 0 Å². The van der Waals surface area contributed by atoms with Gasteiger partial charge in [-0.3, -0.25) is 0 Å². The molecule has 21 heavy (non-hydrogen) atoms. The zero-order valence-electron chi connectivity index (χ0n) is 13.0. The summed E-state index contributed by atoms with van der Waals surface area (Å²) in [5.74, 6) is 0.453. The summed E-state index contributed by atoms with van der Waals surface area (Å²) in [6, 6.07) is 14.5. The number of aryl methyl sites for hydroxylation is 2. The maximum absolute atomic E-state index is 5.44. The largest absolute Gasteiger partial charge is 0.332 e. The highest BCUT2D eigenvalue weighted by atomic mass is 32.1. The highest BCUT2D eigenvalue weighted by Crippen LogP contribution is 2.27.